The lowest BCUT2D eigenvalue weighted by atomic mass is 10.3. The number of aromatic nitrogens is 3. The maximum absolute atomic E-state index is 13.5. The highest BCUT2D eigenvalue weighted by Crippen LogP contribution is 2.17. The fourth-order valence-electron chi connectivity index (χ4n) is 1.14. The van der Waals surface area contributed by atoms with E-state index in [9.17, 15) is 4.39 Å². The van der Waals surface area contributed by atoms with Gasteiger partial charge in [0.05, 0.1) is 11.9 Å². The van der Waals surface area contributed by atoms with Gasteiger partial charge >= 0.3 is 0 Å². The second-order valence-corrected chi connectivity index (χ2v) is 3.88. The Balaban J connectivity index is 2.44. The van der Waals surface area contributed by atoms with Crippen molar-refractivity contribution in [3.8, 4) is 5.69 Å². The molecule has 0 fully saturated rings. The summed E-state index contributed by atoms with van der Waals surface area (Å²) in [5, 5.41) is 8.59. The number of benzene rings is 1. The number of halogens is 3. The monoisotopic (exact) mass is 289 g/mol. The molecule has 0 aliphatic rings. The van der Waals surface area contributed by atoms with Crippen LogP contribution in [0.3, 0.4) is 0 Å². The van der Waals surface area contributed by atoms with Crippen LogP contribution < -0.4 is 0 Å². The predicted molar refractivity (Wildman–Crippen MR) is 59.0 cm³/mol. The summed E-state index contributed by atoms with van der Waals surface area (Å²) < 4.78 is 14.8. The lowest BCUT2D eigenvalue weighted by Crippen LogP contribution is -1.98. The topological polar surface area (TPSA) is 30.7 Å². The van der Waals surface area contributed by atoms with Gasteiger partial charge in [0.1, 0.15) is 11.5 Å². The summed E-state index contributed by atoms with van der Waals surface area (Å²) in [6.45, 7) is 0. The Kier molecular flexibility index (Phi) is 3.02. The highest BCUT2D eigenvalue weighted by molar-refractivity contribution is 9.08. The third kappa shape index (κ3) is 2.18. The zero-order chi connectivity index (χ0) is 10.8. The molecule has 2 rings (SSSR count). The molecule has 2 aromatic rings. The van der Waals surface area contributed by atoms with Crippen LogP contribution >= 0.6 is 27.5 Å². The number of hydrogen-bond acceptors (Lipinski definition) is 2. The van der Waals surface area contributed by atoms with E-state index in [1.807, 2.05) is 0 Å². The minimum atomic E-state index is -0.423. The van der Waals surface area contributed by atoms with Gasteiger partial charge in [0, 0.05) is 10.4 Å². The molecule has 3 nitrogen and oxygen atoms in total. The summed E-state index contributed by atoms with van der Waals surface area (Å²) in [5.74, 6) is -0.423. The molecule has 0 saturated heterocycles. The van der Waals surface area contributed by atoms with Crippen molar-refractivity contribution in [2.75, 3.05) is 0 Å². The van der Waals surface area contributed by atoms with Crippen LogP contribution in [0.4, 0.5) is 4.39 Å². The molecular weight excluding hydrogens is 284 g/mol. The first-order valence-electron chi connectivity index (χ1n) is 4.13. The van der Waals surface area contributed by atoms with E-state index < -0.39 is 5.82 Å². The van der Waals surface area contributed by atoms with E-state index in [1.54, 1.807) is 18.3 Å². The largest absolute Gasteiger partial charge is 0.217 e. The van der Waals surface area contributed by atoms with Gasteiger partial charge in [-0.15, -0.1) is 5.10 Å². The maximum atomic E-state index is 13.5. The number of rotatable bonds is 2. The van der Waals surface area contributed by atoms with Gasteiger partial charge < -0.3 is 0 Å². The molecule has 15 heavy (non-hydrogen) atoms. The molecule has 0 spiro atoms. The van der Waals surface area contributed by atoms with Crippen molar-refractivity contribution in [2.24, 2.45) is 0 Å². The molecule has 0 unspecified atom stereocenters. The van der Waals surface area contributed by atoms with Gasteiger partial charge in [-0.1, -0.05) is 32.7 Å². The van der Waals surface area contributed by atoms with Gasteiger partial charge in [-0.2, -0.15) is 0 Å². The Morgan fingerprint density at radius 3 is 2.87 bits per heavy atom. The SMILES string of the molecule is Fc1cc(Cl)ccc1-n1cc(CBr)nn1. The molecule has 0 aliphatic heterocycles. The fourth-order valence-corrected chi connectivity index (χ4v) is 1.56. The number of hydrogen-bond donors (Lipinski definition) is 0. The minimum Gasteiger partial charge on any atom is -0.217 e. The van der Waals surface area contributed by atoms with E-state index in [0.29, 0.717) is 16.0 Å². The first kappa shape index (κ1) is 10.6. The van der Waals surface area contributed by atoms with Crippen molar-refractivity contribution in [3.63, 3.8) is 0 Å². The predicted octanol–water partition coefficient (Wildman–Crippen LogP) is 2.95. The van der Waals surface area contributed by atoms with E-state index in [2.05, 4.69) is 26.2 Å². The van der Waals surface area contributed by atoms with Crippen LogP contribution in [-0.4, -0.2) is 15.0 Å². The van der Waals surface area contributed by atoms with Crippen LogP contribution in [0.2, 0.25) is 5.02 Å². The van der Waals surface area contributed by atoms with E-state index in [4.69, 9.17) is 11.6 Å². The zero-order valence-electron chi connectivity index (χ0n) is 7.49. The third-order valence-corrected chi connectivity index (χ3v) is 2.64. The van der Waals surface area contributed by atoms with E-state index in [-0.39, 0.29) is 0 Å². The average Bonchev–Trinajstić information content (AvgIpc) is 2.66. The van der Waals surface area contributed by atoms with Gasteiger partial charge in [0.2, 0.25) is 0 Å². The summed E-state index contributed by atoms with van der Waals surface area (Å²) in [4.78, 5) is 0. The van der Waals surface area contributed by atoms with Crippen molar-refractivity contribution in [1.29, 1.82) is 0 Å². The Labute approximate surface area is 99.0 Å². The molecule has 0 saturated carbocycles. The summed E-state index contributed by atoms with van der Waals surface area (Å²) in [6, 6.07) is 4.41. The van der Waals surface area contributed by atoms with Gasteiger partial charge in [-0.3, -0.25) is 0 Å². The second-order valence-electron chi connectivity index (χ2n) is 2.88. The summed E-state index contributed by atoms with van der Waals surface area (Å²) >= 11 is 8.89. The van der Waals surface area contributed by atoms with E-state index in [1.165, 1.54) is 10.7 Å². The Hall–Kier alpha value is -0.940. The van der Waals surface area contributed by atoms with Crippen LogP contribution in [0.25, 0.3) is 5.69 Å². The molecule has 78 valence electrons. The summed E-state index contributed by atoms with van der Waals surface area (Å²) in [7, 11) is 0. The van der Waals surface area contributed by atoms with Crippen molar-refractivity contribution in [2.45, 2.75) is 5.33 Å². The Morgan fingerprint density at radius 1 is 1.47 bits per heavy atom. The van der Waals surface area contributed by atoms with Crippen molar-refractivity contribution in [3.05, 3.63) is 40.9 Å². The third-order valence-electron chi connectivity index (χ3n) is 1.83. The van der Waals surface area contributed by atoms with Gasteiger partial charge in [-0.25, -0.2) is 9.07 Å². The second kappa shape index (κ2) is 4.28. The molecule has 6 heteroatoms. The van der Waals surface area contributed by atoms with Crippen molar-refractivity contribution in [1.82, 2.24) is 15.0 Å². The zero-order valence-corrected chi connectivity index (χ0v) is 9.83. The van der Waals surface area contributed by atoms with Crippen LogP contribution in [0.5, 0.6) is 0 Å². The van der Waals surface area contributed by atoms with Gasteiger partial charge in [0.15, 0.2) is 0 Å². The van der Waals surface area contributed by atoms with Crippen molar-refractivity contribution >= 4 is 27.5 Å². The van der Waals surface area contributed by atoms with Crippen LogP contribution in [0.1, 0.15) is 5.69 Å². The molecule has 0 N–H and O–H groups in total. The quantitative estimate of drug-likeness (QED) is 0.796. The molecule has 0 aliphatic carbocycles. The molecule has 1 aromatic carbocycles. The van der Waals surface area contributed by atoms with Crippen LogP contribution in [0.15, 0.2) is 24.4 Å². The normalized spacial score (nSPS) is 10.6. The number of alkyl halides is 1. The minimum absolute atomic E-state index is 0.333. The molecule has 0 radical (unpaired) electrons. The highest BCUT2D eigenvalue weighted by Gasteiger charge is 2.07. The summed E-state index contributed by atoms with van der Waals surface area (Å²) in [6.07, 6.45) is 1.65. The fraction of sp³-hybridized carbons (Fsp3) is 0.111. The van der Waals surface area contributed by atoms with Crippen LogP contribution in [-0.2, 0) is 5.33 Å². The van der Waals surface area contributed by atoms with Crippen molar-refractivity contribution < 1.29 is 4.39 Å². The van der Waals surface area contributed by atoms with Gasteiger partial charge in [0.25, 0.3) is 0 Å². The molecule has 0 bridgehead atoms. The summed E-state index contributed by atoms with van der Waals surface area (Å²) in [5.41, 5.74) is 1.07. The lowest BCUT2D eigenvalue weighted by molar-refractivity contribution is 0.607. The highest BCUT2D eigenvalue weighted by atomic mass is 79.9. The molecule has 0 amide bonds. The number of nitrogens with zero attached hydrogens (tertiary/aromatic N) is 3. The average molecular weight is 291 g/mol. The molecule has 0 atom stereocenters. The van der Waals surface area contributed by atoms with Crippen LogP contribution in [0, 0.1) is 5.82 Å². The molecule has 1 aromatic heterocycles. The first-order chi connectivity index (χ1) is 7.20. The first-order valence-corrected chi connectivity index (χ1v) is 5.63. The van der Waals surface area contributed by atoms with Gasteiger partial charge in [-0.05, 0) is 18.2 Å². The van der Waals surface area contributed by atoms with E-state index in [0.717, 1.165) is 5.69 Å². The maximum Gasteiger partial charge on any atom is 0.150 e. The van der Waals surface area contributed by atoms with E-state index >= 15 is 0 Å². The Bertz CT molecular complexity index is 486. The smallest absolute Gasteiger partial charge is 0.150 e. The Morgan fingerprint density at radius 2 is 2.27 bits per heavy atom. The lowest BCUT2D eigenvalue weighted by Gasteiger charge is -2.01. The molecular formula is C9H6BrClFN3. The standard InChI is InChI=1S/C9H6BrClFN3/c10-4-7-5-15(14-13-7)9-2-1-6(11)3-8(9)12/h1-3,5H,4H2. The molecule has 1 heterocycles.